The standard InChI is InChI=1S/C10H15NO/c1-3-10(12)11-9-7-5-4-6-8(9)2/h4-7,10-12H,3H2,1-2H3. The van der Waals surface area contributed by atoms with Gasteiger partial charge in [-0.3, -0.25) is 0 Å². The number of aliphatic hydroxyl groups excluding tert-OH is 1. The summed E-state index contributed by atoms with van der Waals surface area (Å²) in [5, 5.41) is 12.3. The molecule has 1 aromatic rings. The van der Waals surface area contributed by atoms with E-state index in [9.17, 15) is 5.11 Å². The molecule has 66 valence electrons. The summed E-state index contributed by atoms with van der Waals surface area (Å²) in [6, 6.07) is 7.93. The Morgan fingerprint density at radius 1 is 1.42 bits per heavy atom. The van der Waals surface area contributed by atoms with Crippen LogP contribution in [-0.4, -0.2) is 11.3 Å². The van der Waals surface area contributed by atoms with Gasteiger partial charge in [0.25, 0.3) is 0 Å². The number of anilines is 1. The molecule has 0 heterocycles. The molecular formula is C10H15NO. The lowest BCUT2D eigenvalue weighted by Gasteiger charge is -2.13. The van der Waals surface area contributed by atoms with Crippen LogP contribution in [0, 0.1) is 6.92 Å². The minimum Gasteiger partial charge on any atom is -0.374 e. The number of para-hydroxylation sites is 1. The van der Waals surface area contributed by atoms with Crippen molar-refractivity contribution in [3.05, 3.63) is 29.8 Å². The number of rotatable bonds is 3. The van der Waals surface area contributed by atoms with Crippen molar-refractivity contribution < 1.29 is 5.11 Å². The van der Waals surface area contributed by atoms with Crippen molar-refractivity contribution in [1.29, 1.82) is 0 Å². The van der Waals surface area contributed by atoms with Gasteiger partial charge in [0, 0.05) is 5.69 Å². The molecular weight excluding hydrogens is 150 g/mol. The maximum atomic E-state index is 9.32. The lowest BCUT2D eigenvalue weighted by molar-refractivity contribution is 0.199. The largest absolute Gasteiger partial charge is 0.374 e. The fourth-order valence-electron chi connectivity index (χ4n) is 1.02. The molecule has 0 spiro atoms. The van der Waals surface area contributed by atoms with E-state index in [0.717, 1.165) is 11.3 Å². The molecule has 0 aliphatic rings. The van der Waals surface area contributed by atoms with Crippen molar-refractivity contribution >= 4 is 5.69 Å². The number of benzene rings is 1. The van der Waals surface area contributed by atoms with Gasteiger partial charge in [0.15, 0.2) is 0 Å². The second-order valence-corrected chi connectivity index (χ2v) is 2.88. The molecule has 0 bridgehead atoms. The number of aliphatic hydroxyl groups is 1. The van der Waals surface area contributed by atoms with Crippen LogP contribution in [0.25, 0.3) is 0 Å². The Hall–Kier alpha value is -1.02. The lowest BCUT2D eigenvalue weighted by atomic mass is 10.2. The van der Waals surface area contributed by atoms with Gasteiger partial charge in [0.05, 0.1) is 0 Å². The van der Waals surface area contributed by atoms with Gasteiger partial charge in [-0.15, -0.1) is 0 Å². The van der Waals surface area contributed by atoms with E-state index in [1.165, 1.54) is 0 Å². The Morgan fingerprint density at radius 2 is 2.08 bits per heavy atom. The third-order valence-corrected chi connectivity index (χ3v) is 1.85. The van der Waals surface area contributed by atoms with Gasteiger partial charge in [0.2, 0.25) is 0 Å². The first-order valence-electron chi connectivity index (χ1n) is 4.24. The molecule has 1 aromatic carbocycles. The van der Waals surface area contributed by atoms with Crippen LogP contribution in [0.3, 0.4) is 0 Å². The minimum absolute atomic E-state index is 0.439. The Kier molecular flexibility index (Phi) is 3.11. The average Bonchev–Trinajstić information content (AvgIpc) is 2.09. The Bertz CT molecular complexity index is 247. The lowest BCUT2D eigenvalue weighted by Crippen LogP contribution is -2.17. The van der Waals surface area contributed by atoms with Crippen molar-refractivity contribution in [2.75, 3.05) is 5.32 Å². The molecule has 2 heteroatoms. The number of aryl methyl sites for hydroxylation is 1. The van der Waals surface area contributed by atoms with Crippen LogP contribution in [0.2, 0.25) is 0 Å². The quantitative estimate of drug-likeness (QED) is 0.672. The maximum absolute atomic E-state index is 9.32. The van der Waals surface area contributed by atoms with Gasteiger partial charge in [0.1, 0.15) is 6.23 Å². The van der Waals surface area contributed by atoms with E-state index >= 15 is 0 Å². The zero-order valence-corrected chi connectivity index (χ0v) is 7.54. The van der Waals surface area contributed by atoms with E-state index in [1.54, 1.807) is 0 Å². The molecule has 12 heavy (non-hydrogen) atoms. The van der Waals surface area contributed by atoms with Gasteiger partial charge in [-0.1, -0.05) is 25.1 Å². The highest BCUT2D eigenvalue weighted by molar-refractivity contribution is 5.50. The highest BCUT2D eigenvalue weighted by Gasteiger charge is 2.00. The predicted octanol–water partition coefficient (Wildman–Crippen LogP) is 2.14. The molecule has 0 aliphatic carbocycles. The minimum atomic E-state index is -0.439. The van der Waals surface area contributed by atoms with Crippen molar-refractivity contribution in [3.8, 4) is 0 Å². The van der Waals surface area contributed by atoms with E-state index in [4.69, 9.17) is 0 Å². The maximum Gasteiger partial charge on any atom is 0.124 e. The summed E-state index contributed by atoms with van der Waals surface area (Å²) in [7, 11) is 0. The first-order valence-corrected chi connectivity index (χ1v) is 4.24. The van der Waals surface area contributed by atoms with Crippen molar-refractivity contribution in [1.82, 2.24) is 0 Å². The topological polar surface area (TPSA) is 32.3 Å². The summed E-state index contributed by atoms with van der Waals surface area (Å²) in [6.07, 6.45) is 0.278. The van der Waals surface area contributed by atoms with Gasteiger partial charge in [-0.25, -0.2) is 0 Å². The van der Waals surface area contributed by atoms with Crippen LogP contribution in [0.15, 0.2) is 24.3 Å². The highest BCUT2D eigenvalue weighted by Crippen LogP contribution is 2.14. The zero-order valence-electron chi connectivity index (χ0n) is 7.54. The molecule has 2 N–H and O–H groups in total. The molecule has 0 fully saturated rings. The highest BCUT2D eigenvalue weighted by atomic mass is 16.3. The summed E-state index contributed by atoms with van der Waals surface area (Å²) < 4.78 is 0. The van der Waals surface area contributed by atoms with Gasteiger partial charge in [-0.2, -0.15) is 0 Å². The van der Waals surface area contributed by atoms with E-state index < -0.39 is 6.23 Å². The first-order chi connectivity index (χ1) is 5.74. The smallest absolute Gasteiger partial charge is 0.124 e. The monoisotopic (exact) mass is 165 g/mol. The summed E-state index contributed by atoms with van der Waals surface area (Å²) in [6.45, 7) is 3.96. The molecule has 0 saturated carbocycles. The Labute approximate surface area is 73.2 Å². The molecule has 0 aromatic heterocycles. The fraction of sp³-hybridized carbons (Fsp3) is 0.400. The van der Waals surface area contributed by atoms with E-state index in [-0.39, 0.29) is 0 Å². The number of hydrogen-bond acceptors (Lipinski definition) is 2. The van der Waals surface area contributed by atoms with Crippen molar-refractivity contribution in [2.24, 2.45) is 0 Å². The second kappa shape index (κ2) is 4.12. The van der Waals surface area contributed by atoms with Crippen LogP contribution >= 0.6 is 0 Å². The molecule has 0 aliphatic heterocycles. The normalized spacial score (nSPS) is 12.6. The predicted molar refractivity (Wildman–Crippen MR) is 51.1 cm³/mol. The zero-order chi connectivity index (χ0) is 8.97. The van der Waals surface area contributed by atoms with Gasteiger partial charge in [-0.05, 0) is 25.0 Å². The summed E-state index contributed by atoms with van der Waals surface area (Å²) in [4.78, 5) is 0. The molecule has 0 amide bonds. The molecule has 0 radical (unpaired) electrons. The molecule has 1 rings (SSSR count). The van der Waals surface area contributed by atoms with Crippen LogP contribution in [0.1, 0.15) is 18.9 Å². The third-order valence-electron chi connectivity index (χ3n) is 1.85. The number of nitrogens with one attached hydrogen (secondary N) is 1. The van der Waals surface area contributed by atoms with Crippen LogP contribution in [0.5, 0.6) is 0 Å². The SMILES string of the molecule is CCC(O)Nc1ccccc1C. The van der Waals surface area contributed by atoms with E-state index in [0.29, 0.717) is 6.42 Å². The average molecular weight is 165 g/mol. The van der Waals surface area contributed by atoms with Crippen LogP contribution < -0.4 is 5.32 Å². The van der Waals surface area contributed by atoms with Crippen LogP contribution in [-0.2, 0) is 0 Å². The second-order valence-electron chi connectivity index (χ2n) is 2.88. The first kappa shape index (κ1) is 9.07. The number of hydrogen-bond donors (Lipinski definition) is 2. The molecule has 1 unspecified atom stereocenters. The molecule has 0 saturated heterocycles. The van der Waals surface area contributed by atoms with E-state index in [2.05, 4.69) is 5.32 Å². The summed E-state index contributed by atoms with van der Waals surface area (Å²) >= 11 is 0. The van der Waals surface area contributed by atoms with Crippen LogP contribution in [0.4, 0.5) is 5.69 Å². The van der Waals surface area contributed by atoms with Crippen molar-refractivity contribution in [3.63, 3.8) is 0 Å². The van der Waals surface area contributed by atoms with Gasteiger partial charge >= 0.3 is 0 Å². The Balaban J connectivity index is 2.69. The third kappa shape index (κ3) is 2.24. The van der Waals surface area contributed by atoms with Gasteiger partial charge < -0.3 is 10.4 Å². The van der Waals surface area contributed by atoms with Crippen molar-refractivity contribution in [2.45, 2.75) is 26.5 Å². The summed E-state index contributed by atoms with van der Waals surface area (Å²) in [5.41, 5.74) is 2.16. The summed E-state index contributed by atoms with van der Waals surface area (Å²) in [5.74, 6) is 0. The fourth-order valence-corrected chi connectivity index (χ4v) is 1.02. The van der Waals surface area contributed by atoms with E-state index in [1.807, 2.05) is 38.1 Å². The Morgan fingerprint density at radius 3 is 2.67 bits per heavy atom. The molecule has 2 nitrogen and oxygen atoms in total. The molecule has 1 atom stereocenters.